The van der Waals surface area contributed by atoms with Crippen LogP contribution in [0.1, 0.15) is 22.8 Å². The van der Waals surface area contributed by atoms with Gasteiger partial charge >= 0.3 is 15.6 Å². The first kappa shape index (κ1) is 32.4. The number of carbonyl (C=O) groups excluding carboxylic acids is 1. The van der Waals surface area contributed by atoms with E-state index >= 15 is 0 Å². The number of nitrogens with zero attached hydrogens (tertiary/aromatic N) is 5. The fourth-order valence-corrected chi connectivity index (χ4v) is 6.65. The van der Waals surface area contributed by atoms with Crippen molar-refractivity contribution in [1.29, 1.82) is 0 Å². The summed E-state index contributed by atoms with van der Waals surface area (Å²) < 4.78 is 51.8. The molecule has 1 amide bonds. The highest BCUT2D eigenvalue weighted by molar-refractivity contribution is 7.61. The van der Waals surface area contributed by atoms with Gasteiger partial charge in [0, 0.05) is 6.07 Å². The molecule has 2 aliphatic rings. The Kier molecular flexibility index (Phi) is 9.13. The standard InChI is InChI=1S/C21H27N7O14P2/c22-17-12-19(25-7-24-17)28(8-26-12)21-16(32)14(30)11(41-21)6-39-44(36,37)42-43(34,35)38-5-10-13(29)15(31)20(40-10)27-3-1-2-9(4-27)18(23)33/h1-4,7-8,10-11,13-16,20-21,29-30,32H,5-6H2,(H2,23,33)(H,34,35)(H,36,37)(H2,22,24,25)/t10-,11-,13-,14-,15-,16-,20-,21-/m1/s1. The van der Waals surface area contributed by atoms with Gasteiger partial charge in [-0.2, -0.15) is 8.88 Å². The summed E-state index contributed by atoms with van der Waals surface area (Å²) in [6.45, 7) is -1.84. The van der Waals surface area contributed by atoms with E-state index in [1.54, 1.807) is 0 Å². The minimum absolute atomic E-state index is 0.0416. The number of hydrogen-bond acceptors (Lipinski definition) is 16. The van der Waals surface area contributed by atoms with Crippen LogP contribution in [-0.4, -0.2) is 100 Å². The highest BCUT2D eigenvalue weighted by atomic mass is 31.3. The number of phosphoric ester groups is 2. The van der Waals surface area contributed by atoms with Gasteiger partial charge < -0.3 is 51.2 Å². The van der Waals surface area contributed by atoms with Crippen molar-refractivity contribution < 1.29 is 71.5 Å². The molecule has 3 aromatic rings. The number of fused-ring (bicyclic) bond motifs is 1. The van der Waals surface area contributed by atoms with E-state index in [0.717, 1.165) is 6.33 Å². The smallest absolute Gasteiger partial charge is 0.481 e. The molecule has 0 saturated carbocycles. The quantitative estimate of drug-likeness (QED) is 0.0768. The van der Waals surface area contributed by atoms with Crippen molar-refractivity contribution in [2.45, 2.75) is 49.1 Å². The largest absolute Gasteiger partial charge is 0.843 e. The van der Waals surface area contributed by atoms with E-state index < -0.39 is 83.8 Å². The molecule has 5 heterocycles. The van der Waals surface area contributed by atoms with Gasteiger partial charge in [-0.05, 0) is 12.2 Å². The molecule has 5 rings (SSSR count). The van der Waals surface area contributed by atoms with Crippen molar-refractivity contribution in [3.05, 3.63) is 42.7 Å². The Hall–Kier alpha value is -3.01. The summed E-state index contributed by atoms with van der Waals surface area (Å²) in [6.07, 6.45) is -7.49. The Morgan fingerprint density at radius 1 is 1.05 bits per heavy atom. The van der Waals surface area contributed by atoms with Gasteiger partial charge in [-0.25, -0.2) is 24.1 Å². The Balaban J connectivity index is 1.16. The molecule has 23 heteroatoms. The van der Waals surface area contributed by atoms with Gasteiger partial charge in [0.05, 0.1) is 25.6 Å². The Labute approximate surface area is 246 Å². The van der Waals surface area contributed by atoms with Crippen molar-refractivity contribution in [3.8, 4) is 0 Å². The second kappa shape index (κ2) is 12.4. The summed E-state index contributed by atoms with van der Waals surface area (Å²) in [6, 6.07) is 2.79. The van der Waals surface area contributed by atoms with E-state index in [1.807, 2.05) is 0 Å². The van der Waals surface area contributed by atoms with Crippen molar-refractivity contribution in [1.82, 2.24) is 19.5 Å². The van der Waals surface area contributed by atoms with Crippen molar-refractivity contribution in [2.24, 2.45) is 5.73 Å². The van der Waals surface area contributed by atoms with E-state index in [2.05, 4.69) is 23.8 Å². The second-order valence-corrected chi connectivity index (χ2v) is 12.7. The summed E-state index contributed by atoms with van der Waals surface area (Å²) in [5.74, 6) is -0.738. The molecule has 2 aliphatic heterocycles. The van der Waals surface area contributed by atoms with Gasteiger partial charge in [-0.3, -0.25) is 18.4 Å². The summed E-state index contributed by atoms with van der Waals surface area (Å²) in [7, 11) is -10.8. The first-order valence-electron chi connectivity index (χ1n) is 12.6. The van der Waals surface area contributed by atoms with Crippen LogP contribution in [0.5, 0.6) is 0 Å². The second-order valence-electron chi connectivity index (χ2n) is 9.66. The van der Waals surface area contributed by atoms with Crippen molar-refractivity contribution in [2.75, 3.05) is 18.9 Å². The van der Waals surface area contributed by atoms with Gasteiger partial charge in [0.15, 0.2) is 30.1 Å². The summed E-state index contributed by atoms with van der Waals surface area (Å²) >= 11 is 0. The third-order valence-corrected chi connectivity index (χ3v) is 9.32. The molecule has 2 saturated heterocycles. The zero-order valence-electron chi connectivity index (χ0n) is 22.2. The molecular formula is C21H27N7O14P2. The number of rotatable bonds is 11. The van der Waals surface area contributed by atoms with E-state index in [-0.39, 0.29) is 22.5 Å². The fraction of sp³-hybridized carbons (Fsp3) is 0.476. The minimum Gasteiger partial charge on any atom is -0.843 e. The molecule has 3 aromatic heterocycles. The van der Waals surface area contributed by atoms with Crippen LogP contribution < -0.4 is 21.1 Å². The van der Waals surface area contributed by atoms with Crippen LogP contribution in [0.4, 0.5) is 5.82 Å². The predicted molar refractivity (Wildman–Crippen MR) is 137 cm³/mol. The Bertz CT molecular complexity index is 1630. The molecule has 21 nitrogen and oxygen atoms in total. The number of hydrogen-bond donors (Lipinski definition) is 7. The number of primary amides is 1. The van der Waals surface area contributed by atoms with E-state index in [4.69, 9.17) is 25.5 Å². The Morgan fingerprint density at radius 2 is 1.70 bits per heavy atom. The number of imidazole rings is 1. The lowest BCUT2D eigenvalue weighted by Crippen LogP contribution is -2.52. The number of carbonyl (C=O) groups is 1. The Morgan fingerprint density at radius 3 is 2.36 bits per heavy atom. The number of aromatic nitrogens is 5. The van der Waals surface area contributed by atoms with Gasteiger partial charge in [-0.1, -0.05) is 0 Å². The first-order valence-corrected chi connectivity index (χ1v) is 15.6. The lowest BCUT2D eigenvalue weighted by molar-refractivity contribution is -0.782. The normalized spacial score (nSPS) is 31.6. The number of amides is 1. The molecule has 240 valence electrons. The first-order chi connectivity index (χ1) is 20.7. The molecule has 0 aliphatic carbocycles. The van der Waals surface area contributed by atoms with Crippen LogP contribution in [0.15, 0.2) is 37.2 Å². The fourth-order valence-electron chi connectivity index (χ4n) is 4.56. The maximum absolute atomic E-state index is 12.6. The zero-order chi connectivity index (χ0) is 32.0. The molecule has 0 aromatic carbocycles. The lowest BCUT2D eigenvalue weighted by Gasteiger charge is -2.22. The summed E-state index contributed by atoms with van der Waals surface area (Å²) in [4.78, 5) is 43.3. The number of nitrogen functional groups attached to an aromatic ring is 1. The monoisotopic (exact) mass is 663 g/mol. The van der Waals surface area contributed by atoms with Crippen LogP contribution in [0.3, 0.4) is 0 Å². The predicted octanol–water partition coefficient (Wildman–Crippen LogP) is -3.65. The molecule has 0 bridgehead atoms. The van der Waals surface area contributed by atoms with Gasteiger partial charge in [0.2, 0.25) is 0 Å². The molecule has 2 fully saturated rings. The average Bonchev–Trinajstić information content (AvgIpc) is 3.61. The number of anilines is 1. The van der Waals surface area contributed by atoms with Crippen LogP contribution in [0.25, 0.3) is 11.2 Å². The number of ether oxygens (including phenoxy) is 2. The number of pyridine rings is 1. The summed E-state index contributed by atoms with van der Waals surface area (Å²) in [5.41, 5.74) is 11.4. The van der Waals surface area contributed by atoms with Crippen LogP contribution >= 0.6 is 15.6 Å². The zero-order valence-corrected chi connectivity index (χ0v) is 24.0. The number of nitrogens with two attached hydrogens (primary N) is 2. The molecule has 2 unspecified atom stereocenters. The maximum atomic E-state index is 12.6. The van der Waals surface area contributed by atoms with E-state index in [0.29, 0.717) is 0 Å². The van der Waals surface area contributed by atoms with Crippen LogP contribution in [-0.2, 0) is 32.0 Å². The van der Waals surface area contributed by atoms with E-state index in [9.17, 15) is 44.1 Å². The van der Waals surface area contributed by atoms with Gasteiger partial charge in [-0.15, -0.1) is 0 Å². The molecule has 0 radical (unpaired) electrons. The van der Waals surface area contributed by atoms with Gasteiger partial charge in [0.25, 0.3) is 12.1 Å². The highest BCUT2D eigenvalue weighted by Crippen LogP contribution is 2.60. The van der Waals surface area contributed by atoms with Crippen LogP contribution in [0, 0.1) is 0 Å². The molecule has 10 atom stereocenters. The summed E-state index contributed by atoms with van der Waals surface area (Å²) in [5, 5.41) is 43.7. The lowest BCUT2D eigenvalue weighted by atomic mass is 10.1. The minimum atomic E-state index is -5.39. The molecule has 9 N–H and O–H groups in total. The third kappa shape index (κ3) is 6.65. The molecule has 0 spiro atoms. The SMILES string of the molecule is NC(=O)c1ccc[n+]([C@@H]2O[C@H](COP(=O)(O)OP(=O)(O)OC[C@H]3O[C@@H](n4cnc5c(N)ncnc54)[C@H](O)[C@@H]3O)[C@@H](O)[C@H]2[O-])c1. The van der Waals surface area contributed by atoms with Gasteiger partial charge in [0.1, 0.15) is 41.8 Å². The molecular weight excluding hydrogens is 636 g/mol. The van der Waals surface area contributed by atoms with Crippen LogP contribution in [0.2, 0.25) is 0 Å². The molecule has 44 heavy (non-hydrogen) atoms. The number of aliphatic hydroxyl groups is 3. The van der Waals surface area contributed by atoms with Crippen molar-refractivity contribution >= 4 is 38.5 Å². The highest BCUT2D eigenvalue weighted by Gasteiger charge is 2.47. The van der Waals surface area contributed by atoms with E-state index in [1.165, 1.54) is 40.0 Å². The number of phosphoric acid groups is 2. The topological polar surface area (TPSA) is 321 Å². The van der Waals surface area contributed by atoms with Crippen molar-refractivity contribution in [3.63, 3.8) is 0 Å². The third-order valence-electron chi connectivity index (χ3n) is 6.72. The maximum Gasteiger partial charge on any atom is 0.481 e. The number of aliphatic hydroxyl groups excluding tert-OH is 3. The average molecular weight is 663 g/mol.